The second kappa shape index (κ2) is 8.06. The Bertz CT molecular complexity index is 966. The van der Waals surface area contributed by atoms with Crippen LogP contribution >= 0.6 is 0 Å². The molecule has 0 bridgehead atoms. The molecule has 1 unspecified atom stereocenters. The number of carbonyl (C=O) groups excluding carboxylic acids is 1. The Hall–Kier alpha value is -2.76. The lowest BCUT2D eigenvalue weighted by Gasteiger charge is -2.45. The van der Waals surface area contributed by atoms with E-state index in [4.69, 9.17) is 4.74 Å². The van der Waals surface area contributed by atoms with Gasteiger partial charge in [0.15, 0.2) is 5.41 Å². The Kier molecular flexibility index (Phi) is 5.58. The highest BCUT2D eigenvalue weighted by atomic mass is 19.1. The van der Waals surface area contributed by atoms with Crippen LogP contribution in [-0.4, -0.2) is 34.3 Å². The minimum Gasteiger partial charge on any atom is -0.480 e. The SMILES string of the molecule is C[C@H]1[C@H](/C=C/c2ccc(C3=CC=CC(F)C3)cn2)[C@@H]2[C@@H](C)OC(=O)[C@]2(C(=O)O)C[C@@H]1C. The molecule has 1 saturated carbocycles. The molecule has 4 rings (SSSR count). The summed E-state index contributed by atoms with van der Waals surface area (Å²) < 4.78 is 19.0. The van der Waals surface area contributed by atoms with E-state index in [0.29, 0.717) is 12.8 Å². The van der Waals surface area contributed by atoms with Crippen molar-refractivity contribution in [2.75, 3.05) is 0 Å². The van der Waals surface area contributed by atoms with Crippen LogP contribution in [0, 0.1) is 29.1 Å². The Morgan fingerprint density at radius 1 is 1.32 bits per heavy atom. The highest BCUT2D eigenvalue weighted by Crippen LogP contribution is 2.56. The van der Waals surface area contributed by atoms with Crippen molar-refractivity contribution < 1.29 is 23.8 Å². The number of aliphatic carboxylic acids is 1. The summed E-state index contributed by atoms with van der Waals surface area (Å²) in [6.07, 6.45) is 9.99. The van der Waals surface area contributed by atoms with E-state index in [2.05, 4.69) is 11.9 Å². The largest absolute Gasteiger partial charge is 0.480 e. The molecule has 164 valence electrons. The number of cyclic esters (lactones) is 1. The highest BCUT2D eigenvalue weighted by Gasteiger charge is 2.66. The van der Waals surface area contributed by atoms with Gasteiger partial charge in [0.05, 0.1) is 5.69 Å². The van der Waals surface area contributed by atoms with Crippen molar-refractivity contribution in [1.29, 1.82) is 0 Å². The van der Waals surface area contributed by atoms with Crippen LogP contribution in [0.1, 0.15) is 44.9 Å². The number of aromatic nitrogens is 1. The lowest BCUT2D eigenvalue weighted by molar-refractivity contribution is -0.167. The van der Waals surface area contributed by atoms with Gasteiger partial charge >= 0.3 is 11.9 Å². The fourth-order valence-corrected chi connectivity index (χ4v) is 5.51. The fraction of sp³-hybridized carbons (Fsp3) is 0.480. The molecule has 1 aromatic rings. The maximum absolute atomic E-state index is 13.6. The van der Waals surface area contributed by atoms with E-state index in [0.717, 1.165) is 16.8 Å². The van der Waals surface area contributed by atoms with Crippen LogP contribution in [0.2, 0.25) is 0 Å². The molecule has 2 heterocycles. The molecule has 7 atom stereocenters. The summed E-state index contributed by atoms with van der Waals surface area (Å²) >= 11 is 0. The summed E-state index contributed by atoms with van der Waals surface area (Å²) in [4.78, 5) is 29.3. The third-order valence-electron chi connectivity index (χ3n) is 7.36. The van der Waals surface area contributed by atoms with Crippen LogP contribution in [0.25, 0.3) is 11.6 Å². The Morgan fingerprint density at radius 2 is 2.10 bits per heavy atom. The smallest absolute Gasteiger partial charge is 0.324 e. The first-order chi connectivity index (χ1) is 14.7. The standard InChI is InChI=1S/C25H28FNO4/c1-14-12-25(23(28)29)22(16(3)31-24(25)30)21(15(14)2)10-9-20-8-7-18(13-27-20)17-5-4-6-19(26)11-17/h4-10,13-16,19,21-22H,11-12H2,1-3H3,(H,28,29)/b10-9+/t14-,15+,16+,19?,21-,22-,25+/m0/s1. The molecule has 3 aliphatic rings. The van der Waals surface area contributed by atoms with E-state index < -0.39 is 35.5 Å². The molecule has 31 heavy (non-hydrogen) atoms. The van der Waals surface area contributed by atoms with Gasteiger partial charge in [-0.2, -0.15) is 0 Å². The Balaban J connectivity index is 1.60. The van der Waals surface area contributed by atoms with Crippen molar-refractivity contribution >= 4 is 23.6 Å². The van der Waals surface area contributed by atoms with Crippen molar-refractivity contribution in [2.24, 2.45) is 29.1 Å². The Labute approximate surface area is 181 Å². The molecule has 1 saturated heterocycles. The van der Waals surface area contributed by atoms with Gasteiger partial charge in [-0.1, -0.05) is 44.2 Å². The first-order valence-electron chi connectivity index (χ1n) is 10.8. The van der Waals surface area contributed by atoms with Crippen LogP contribution in [0.5, 0.6) is 0 Å². The number of nitrogens with zero attached hydrogens (tertiary/aromatic N) is 1. The van der Waals surface area contributed by atoms with Gasteiger partial charge in [0, 0.05) is 18.5 Å². The molecule has 2 aliphatic carbocycles. The van der Waals surface area contributed by atoms with E-state index >= 15 is 0 Å². The molecule has 0 amide bonds. The average Bonchev–Trinajstić information content (AvgIpc) is 2.99. The van der Waals surface area contributed by atoms with Crippen molar-refractivity contribution in [3.8, 4) is 0 Å². The van der Waals surface area contributed by atoms with Crippen LogP contribution in [0.4, 0.5) is 4.39 Å². The molecular weight excluding hydrogens is 397 g/mol. The molecule has 0 radical (unpaired) electrons. The van der Waals surface area contributed by atoms with Crippen molar-refractivity contribution in [3.05, 3.63) is 53.9 Å². The number of pyridine rings is 1. The number of hydrogen-bond donors (Lipinski definition) is 1. The van der Waals surface area contributed by atoms with Crippen molar-refractivity contribution in [2.45, 2.75) is 45.9 Å². The number of carbonyl (C=O) groups is 2. The summed E-state index contributed by atoms with van der Waals surface area (Å²) in [5, 5.41) is 9.99. The maximum Gasteiger partial charge on any atom is 0.324 e. The summed E-state index contributed by atoms with van der Waals surface area (Å²) in [6.45, 7) is 5.89. The maximum atomic E-state index is 13.6. The molecule has 6 heteroatoms. The van der Waals surface area contributed by atoms with Crippen molar-refractivity contribution in [1.82, 2.24) is 4.98 Å². The van der Waals surface area contributed by atoms with Gasteiger partial charge in [-0.25, -0.2) is 4.39 Å². The lowest BCUT2D eigenvalue weighted by Crippen LogP contribution is -2.52. The zero-order chi connectivity index (χ0) is 22.3. The van der Waals surface area contributed by atoms with E-state index in [1.165, 1.54) is 6.08 Å². The number of fused-ring (bicyclic) bond motifs is 1. The number of carboxylic acid groups (broad SMARTS) is 1. The quantitative estimate of drug-likeness (QED) is 0.559. The van der Waals surface area contributed by atoms with Crippen LogP contribution in [0.15, 0.2) is 42.6 Å². The van der Waals surface area contributed by atoms with Crippen LogP contribution in [0.3, 0.4) is 0 Å². The van der Waals surface area contributed by atoms with Gasteiger partial charge in [-0.15, -0.1) is 0 Å². The van der Waals surface area contributed by atoms with E-state index in [1.54, 1.807) is 19.2 Å². The molecule has 1 aliphatic heterocycles. The summed E-state index contributed by atoms with van der Waals surface area (Å²) in [5.74, 6) is -1.98. The predicted octanol–water partition coefficient (Wildman–Crippen LogP) is 4.70. The second-order valence-corrected chi connectivity index (χ2v) is 9.16. The fourth-order valence-electron chi connectivity index (χ4n) is 5.51. The minimum absolute atomic E-state index is 0.0649. The van der Waals surface area contributed by atoms with E-state index in [9.17, 15) is 19.1 Å². The number of carboxylic acids is 1. The van der Waals surface area contributed by atoms with E-state index in [1.807, 2.05) is 37.3 Å². The van der Waals surface area contributed by atoms with Crippen molar-refractivity contribution in [3.63, 3.8) is 0 Å². The highest BCUT2D eigenvalue weighted by molar-refractivity contribution is 6.01. The van der Waals surface area contributed by atoms with E-state index in [-0.39, 0.29) is 17.8 Å². The van der Waals surface area contributed by atoms with Gasteiger partial charge in [-0.05, 0) is 54.4 Å². The molecule has 0 aromatic carbocycles. The van der Waals surface area contributed by atoms with Crippen LogP contribution in [-0.2, 0) is 14.3 Å². The summed E-state index contributed by atoms with van der Waals surface area (Å²) in [6, 6.07) is 3.79. The number of esters is 1. The van der Waals surface area contributed by atoms with Gasteiger partial charge < -0.3 is 9.84 Å². The van der Waals surface area contributed by atoms with Gasteiger partial charge in [0.1, 0.15) is 12.3 Å². The zero-order valence-electron chi connectivity index (χ0n) is 18.0. The average molecular weight is 426 g/mol. The third kappa shape index (κ3) is 3.62. The van der Waals surface area contributed by atoms with Gasteiger partial charge in [0.2, 0.25) is 0 Å². The molecule has 5 nitrogen and oxygen atoms in total. The molecule has 1 aromatic heterocycles. The molecule has 0 spiro atoms. The molecule has 1 N–H and O–H groups in total. The second-order valence-electron chi connectivity index (χ2n) is 9.16. The predicted molar refractivity (Wildman–Crippen MR) is 115 cm³/mol. The summed E-state index contributed by atoms with van der Waals surface area (Å²) in [7, 11) is 0. The topological polar surface area (TPSA) is 76.5 Å². The Morgan fingerprint density at radius 3 is 2.74 bits per heavy atom. The zero-order valence-corrected chi connectivity index (χ0v) is 18.0. The lowest BCUT2D eigenvalue weighted by atomic mass is 9.55. The van der Waals surface area contributed by atoms with Crippen LogP contribution < -0.4 is 0 Å². The summed E-state index contributed by atoms with van der Waals surface area (Å²) in [5.41, 5.74) is 1.05. The number of allylic oxidation sites excluding steroid dienone is 5. The van der Waals surface area contributed by atoms with Gasteiger partial charge in [-0.3, -0.25) is 14.6 Å². The molecule has 2 fully saturated rings. The number of ether oxygens (including phenoxy) is 1. The first kappa shape index (κ1) is 21.5. The normalized spacial score (nSPS) is 37.4. The third-order valence-corrected chi connectivity index (χ3v) is 7.36. The minimum atomic E-state index is -1.48. The molecular formula is C25H28FNO4. The first-order valence-corrected chi connectivity index (χ1v) is 10.8. The monoisotopic (exact) mass is 425 g/mol. The number of hydrogen-bond acceptors (Lipinski definition) is 4. The number of halogens is 1. The van der Waals surface area contributed by atoms with Gasteiger partial charge in [0.25, 0.3) is 0 Å². The number of alkyl halides is 1. The number of rotatable bonds is 4.